The zero-order valence-corrected chi connectivity index (χ0v) is 8.98. The molecular formula is C9H7BrClNO. The maximum Gasteiger partial charge on any atom is 0.104 e. The maximum atomic E-state index is 8.51. The van der Waals surface area contributed by atoms with Crippen LogP contribution in [-0.2, 0) is 0 Å². The molecule has 0 heterocycles. The highest BCUT2D eigenvalue weighted by Gasteiger charge is 2.05. The van der Waals surface area contributed by atoms with E-state index >= 15 is 0 Å². The van der Waals surface area contributed by atoms with Gasteiger partial charge in [-0.25, -0.2) is 0 Å². The third kappa shape index (κ3) is 2.38. The second-order valence-electron chi connectivity index (χ2n) is 2.29. The van der Waals surface area contributed by atoms with Gasteiger partial charge in [0.2, 0.25) is 0 Å². The van der Waals surface area contributed by atoms with Crippen molar-refractivity contribution in [2.24, 2.45) is 0 Å². The van der Waals surface area contributed by atoms with Crippen molar-refractivity contribution in [2.75, 3.05) is 12.3 Å². The highest BCUT2D eigenvalue weighted by Crippen LogP contribution is 2.29. The average molecular weight is 261 g/mol. The van der Waals surface area contributed by atoms with Gasteiger partial charge in [-0.15, -0.1) is 0 Å². The van der Waals surface area contributed by atoms with E-state index in [-0.39, 0.29) is 6.61 Å². The van der Waals surface area contributed by atoms with Crippen molar-refractivity contribution in [1.82, 2.24) is 0 Å². The van der Waals surface area contributed by atoms with Crippen molar-refractivity contribution in [3.63, 3.8) is 0 Å². The van der Waals surface area contributed by atoms with E-state index in [0.717, 1.165) is 4.47 Å². The zero-order chi connectivity index (χ0) is 9.84. The number of hydrogen-bond acceptors (Lipinski definition) is 2. The molecule has 1 aromatic rings. The Labute approximate surface area is 89.8 Å². The molecule has 68 valence electrons. The van der Waals surface area contributed by atoms with Gasteiger partial charge in [-0.2, -0.15) is 0 Å². The Morgan fingerprint density at radius 3 is 2.85 bits per heavy atom. The van der Waals surface area contributed by atoms with Crippen LogP contribution in [0.15, 0.2) is 16.6 Å². The average Bonchev–Trinajstić information content (AvgIpc) is 2.12. The first-order valence-corrected chi connectivity index (χ1v) is 4.67. The highest BCUT2D eigenvalue weighted by molar-refractivity contribution is 9.10. The summed E-state index contributed by atoms with van der Waals surface area (Å²) in [7, 11) is 0. The van der Waals surface area contributed by atoms with E-state index in [1.54, 1.807) is 12.1 Å². The number of aliphatic hydroxyl groups is 1. The molecule has 3 N–H and O–H groups in total. The minimum atomic E-state index is -0.206. The van der Waals surface area contributed by atoms with Crippen LogP contribution in [0.1, 0.15) is 5.56 Å². The van der Waals surface area contributed by atoms with Gasteiger partial charge in [-0.05, 0) is 28.1 Å². The normalized spacial score (nSPS) is 9.15. The van der Waals surface area contributed by atoms with Crippen LogP contribution in [0.5, 0.6) is 0 Å². The molecule has 4 heteroatoms. The highest BCUT2D eigenvalue weighted by atomic mass is 79.9. The van der Waals surface area contributed by atoms with Gasteiger partial charge in [0.25, 0.3) is 0 Å². The van der Waals surface area contributed by atoms with Crippen molar-refractivity contribution in [2.45, 2.75) is 0 Å². The van der Waals surface area contributed by atoms with E-state index < -0.39 is 0 Å². The molecule has 0 amide bonds. The summed E-state index contributed by atoms with van der Waals surface area (Å²) >= 11 is 9.18. The number of benzene rings is 1. The topological polar surface area (TPSA) is 46.2 Å². The molecule has 1 rings (SSSR count). The van der Waals surface area contributed by atoms with E-state index in [4.69, 9.17) is 22.4 Å². The molecule has 0 aromatic heterocycles. The fourth-order valence-electron chi connectivity index (χ4n) is 0.821. The van der Waals surface area contributed by atoms with Gasteiger partial charge in [-0.1, -0.05) is 23.4 Å². The number of nitrogen functional groups attached to an aromatic ring is 1. The Morgan fingerprint density at radius 1 is 1.54 bits per heavy atom. The number of aliphatic hydroxyl groups excluding tert-OH is 1. The van der Waals surface area contributed by atoms with Crippen LogP contribution in [0.3, 0.4) is 0 Å². The minimum Gasteiger partial charge on any atom is -0.398 e. The fraction of sp³-hybridized carbons (Fsp3) is 0.111. The van der Waals surface area contributed by atoms with Crippen LogP contribution in [0.4, 0.5) is 5.69 Å². The second-order valence-corrected chi connectivity index (χ2v) is 3.52. The monoisotopic (exact) mass is 259 g/mol. The smallest absolute Gasteiger partial charge is 0.104 e. The van der Waals surface area contributed by atoms with Gasteiger partial charge in [-0.3, -0.25) is 0 Å². The van der Waals surface area contributed by atoms with Crippen LogP contribution in [0.2, 0.25) is 5.02 Å². The third-order valence-electron chi connectivity index (χ3n) is 1.42. The molecule has 0 radical (unpaired) electrons. The number of anilines is 1. The quantitative estimate of drug-likeness (QED) is 0.554. The molecular weight excluding hydrogens is 253 g/mol. The van der Waals surface area contributed by atoms with Crippen LogP contribution in [0, 0.1) is 11.8 Å². The van der Waals surface area contributed by atoms with E-state index in [9.17, 15) is 0 Å². The Kier molecular flexibility index (Phi) is 3.61. The maximum absolute atomic E-state index is 8.51. The van der Waals surface area contributed by atoms with Crippen LogP contribution < -0.4 is 5.73 Å². The molecule has 0 fully saturated rings. The summed E-state index contributed by atoms with van der Waals surface area (Å²) in [6.45, 7) is -0.206. The van der Waals surface area contributed by atoms with Crippen LogP contribution >= 0.6 is 27.5 Å². The molecule has 1 aromatic carbocycles. The zero-order valence-electron chi connectivity index (χ0n) is 6.64. The van der Waals surface area contributed by atoms with Gasteiger partial charge < -0.3 is 10.8 Å². The van der Waals surface area contributed by atoms with Gasteiger partial charge in [0, 0.05) is 10.2 Å². The first kappa shape index (κ1) is 10.4. The lowest BCUT2D eigenvalue weighted by Crippen LogP contribution is -1.91. The largest absolute Gasteiger partial charge is 0.398 e. The molecule has 0 unspecified atom stereocenters. The second kappa shape index (κ2) is 4.52. The molecule has 0 saturated carbocycles. The number of hydrogen-bond donors (Lipinski definition) is 2. The predicted molar refractivity (Wildman–Crippen MR) is 57.5 cm³/mol. The lowest BCUT2D eigenvalue weighted by Gasteiger charge is -2.02. The Hall–Kier alpha value is -0.690. The minimum absolute atomic E-state index is 0.206. The van der Waals surface area contributed by atoms with Gasteiger partial charge in [0.05, 0.1) is 10.6 Å². The van der Waals surface area contributed by atoms with Crippen molar-refractivity contribution >= 4 is 33.2 Å². The SMILES string of the molecule is Nc1ccc(Br)c(Cl)c1C#CCO. The Morgan fingerprint density at radius 2 is 2.23 bits per heavy atom. The summed E-state index contributed by atoms with van der Waals surface area (Å²) < 4.78 is 0.741. The summed E-state index contributed by atoms with van der Waals surface area (Å²) in [6, 6.07) is 3.46. The van der Waals surface area contributed by atoms with Crippen molar-refractivity contribution in [1.29, 1.82) is 0 Å². The van der Waals surface area contributed by atoms with Crippen molar-refractivity contribution in [3.8, 4) is 11.8 Å². The van der Waals surface area contributed by atoms with Crippen molar-refractivity contribution < 1.29 is 5.11 Å². The van der Waals surface area contributed by atoms with E-state index in [1.165, 1.54) is 0 Å². The van der Waals surface area contributed by atoms with E-state index in [2.05, 4.69) is 27.8 Å². The predicted octanol–water partition coefficient (Wildman–Crippen LogP) is 2.03. The van der Waals surface area contributed by atoms with Crippen LogP contribution in [0.25, 0.3) is 0 Å². The summed E-state index contributed by atoms with van der Waals surface area (Å²) in [5.74, 6) is 5.18. The first-order chi connectivity index (χ1) is 6.16. The fourth-order valence-corrected chi connectivity index (χ4v) is 1.37. The van der Waals surface area contributed by atoms with Crippen LogP contribution in [-0.4, -0.2) is 11.7 Å². The first-order valence-electron chi connectivity index (χ1n) is 3.50. The summed E-state index contributed by atoms with van der Waals surface area (Å²) in [5.41, 5.74) is 6.70. The number of rotatable bonds is 0. The third-order valence-corrected chi connectivity index (χ3v) is 2.70. The molecule has 0 aliphatic rings. The van der Waals surface area contributed by atoms with Crippen molar-refractivity contribution in [3.05, 3.63) is 27.2 Å². The molecule has 2 nitrogen and oxygen atoms in total. The van der Waals surface area contributed by atoms with Gasteiger partial charge >= 0.3 is 0 Å². The van der Waals surface area contributed by atoms with Gasteiger partial charge in [0.15, 0.2) is 0 Å². The Bertz CT molecular complexity index is 381. The number of halogens is 2. The molecule has 0 atom stereocenters. The lowest BCUT2D eigenvalue weighted by atomic mass is 10.2. The van der Waals surface area contributed by atoms with Gasteiger partial charge in [0.1, 0.15) is 6.61 Å². The molecule has 0 spiro atoms. The standard InChI is InChI=1S/C9H7BrClNO/c10-7-3-4-8(12)6(9(7)11)2-1-5-13/h3-4,13H,5,12H2. The summed E-state index contributed by atoms with van der Waals surface area (Å²) in [4.78, 5) is 0. The molecule has 0 aliphatic heterocycles. The van der Waals surface area contributed by atoms with E-state index in [0.29, 0.717) is 16.3 Å². The van der Waals surface area contributed by atoms with E-state index in [1.807, 2.05) is 0 Å². The number of nitrogens with two attached hydrogens (primary N) is 1. The molecule has 13 heavy (non-hydrogen) atoms. The summed E-state index contributed by atoms with van der Waals surface area (Å²) in [6.07, 6.45) is 0. The summed E-state index contributed by atoms with van der Waals surface area (Å²) in [5, 5.41) is 8.98. The molecule has 0 bridgehead atoms. The Balaban J connectivity index is 3.25. The molecule has 0 aliphatic carbocycles. The lowest BCUT2D eigenvalue weighted by molar-refractivity contribution is 0.350. The molecule has 0 saturated heterocycles.